The Labute approximate surface area is 295 Å². The lowest BCUT2D eigenvalue weighted by atomic mass is 10.0. The van der Waals surface area contributed by atoms with Crippen LogP contribution < -0.4 is 9.46 Å². The number of fused-ring (bicyclic) bond motifs is 1. The van der Waals surface area contributed by atoms with Crippen LogP contribution in [0.5, 0.6) is 5.75 Å². The number of carbonyl (C=O) groups excluding carboxylic acids is 1. The van der Waals surface area contributed by atoms with Gasteiger partial charge < -0.3 is 19.5 Å². The van der Waals surface area contributed by atoms with Gasteiger partial charge in [0.05, 0.1) is 40.2 Å². The highest BCUT2D eigenvalue weighted by Crippen LogP contribution is 2.30. The number of likely N-dealkylation sites (N-methyl/N-ethyl adjacent to an activating group) is 1. The van der Waals surface area contributed by atoms with Gasteiger partial charge in [-0.1, -0.05) is 36.2 Å². The molecule has 11 nitrogen and oxygen atoms in total. The molecule has 14 heteroatoms. The molecule has 0 saturated carbocycles. The lowest BCUT2D eigenvalue weighted by molar-refractivity contribution is -0.00833. The van der Waals surface area contributed by atoms with Gasteiger partial charge in [0.15, 0.2) is 0 Å². The number of aryl methyl sites for hydroxylation is 1. The largest absolute Gasteiger partial charge is 0.490 e. The molecule has 0 aromatic heterocycles. The molecule has 0 unspecified atom stereocenters. The van der Waals surface area contributed by atoms with Gasteiger partial charge in [0.25, 0.3) is 15.9 Å². The molecule has 4 rings (SSSR count). The molecule has 268 valence electrons. The van der Waals surface area contributed by atoms with Crippen molar-refractivity contribution in [3.8, 4) is 5.75 Å². The molecule has 4 atom stereocenters. The van der Waals surface area contributed by atoms with E-state index >= 15 is 0 Å². The number of benzene rings is 3. The SMILES string of the molecule is Cc1ccc(S(=O)(=O)Nc2ccc3c(c2)C(=O)N([C@H](C)CO)C[C@H](C)[C@@H](CN(C)S(=O)(=O)c2ccc(Cl)cc2)OCCCC[C@H](C)O3)cc1. The molecule has 0 radical (unpaired) electrons. The normalized spacial score (nSPS) is 20.6. The van der Waals surface area contributed by atoms with Gasteiger partial charge in [-0.15, -0.1) is 0 Å². The van der Waals surface area contributed by atoms with E-state index in [-0.39, 0.29) is 58.5 Å². The van der Waals surface area contributed by atoms with Crippen molar-refractivity contribution >= 4 is 43.2 Å². The summed E-state index contributed by atoms with van der Waals surface area (Å²) < 4.78 is 69.6. The molecular weight excluding hydrogens is 690 g/mol. The molecule has 1 aliphatic heterocycles. The second-order valence-electron chi connectivity index (χ2n) is 12.7. The van der Waals surface area contributed by atoms with Crippen molar-refractivity contribution in [3.05, 3.63) is 82.9 Å². The Morgan fingerprint density at radius 1 is 1.00 bits per heavy atom. The standard InChI is InChI=1S/C35H46ClN3O8S2/c1-24-9-14-30(15-10-24)48(42,43)37-29-13-18-33-32(20-29)35(41)39(26(3)23-40)21-25(2)34(46-19-7-6-8-27(4)47-33)22-38(5)49(44,45)31-16-11-28(36)12-17-31/h9-18,20,25-27,34,37,40H,6-8,19,21-23H2,1-5H3/t25-,26+,27-,34+/m0/s1. The fourth-order valence-corrected chi connectivity index (χ4v) is 7.88. The van der Waals surface area contributed by atoms with Crippen molar-refractivity contribution in [2.45, 2.75) is 75.0 Å². The van der Waals surface area contributed by atoms with E-state index in [0.29, 0.717) is 24.5 Å². The van der Waals surface area contributed by atoms with E-state index in [1.54, 1.807) is 31.2 Å². The topological polar surface area (TPSA) is 143 Å². The molecule has 0 spiro atoms. The second-order valence-corrected chi connectivity index (χ2v) is 16.8. The number of aliphatic hydroxyl groups is 1. The Kier molecular flexibility index (Phi) is 13.1. The van der Waals surface area contributed by atoms with Gasteiger partial charge in [-0.3, -0.25) is 9.52 Å². The van der Waals surface area contributed by atoms with E-state index in [2.05, 4.69) is 4.72 Å². The fraction of sp³-hybridized carbons (Fsp3) is 0.457. The molecule has 0 aliphatic carbocycles. The van der Waals surface area contributed by atoms with Crippen molar-refractivity contribution in [3.63, 3.8) is 0 Å². The predicted molar refractivity (Wildman–Crippen MR) is 190 cm³/mol. The van der Waals surface area contributed by atoms with Crippen molar-refractivity contribution in [2.24, 2.45) is 5.92 Å². The fourth-order valence-electron chi connectivity index (χ4n) is 5.52. The van der Waals surface area contributed by atoms with Gasteiger partial charge in [0.1, 0.15) is 5.75 Å². The Bertz CT molecular complexity index is 1790. The number of sulfonamides is 2. The first-order valence-corrected chi connectivity index (χ1v) is 19.6. The van der Waals surface area contributed by atoms with Crippen LogP contribution in [0.3, 0.4) is 0 Å². The van der Waals surface area contributed by atoms with Crippen LogP contribution in [0.4, 0.5) is 5.69 Å². The number of halogens is 1. The van der Waals surface area contributed by atoms with Crippen molar-refractivity contribution in [2.75, 3.05) is 38.1 Å². The van der Waals surface area contributed by atoms with E-state index < -0.39 is 38.1 Å². The number of carbonyl (C=O) groups is 1. The molecule has 49 heavy (non-hydrogen) atoms. The lowest BCUT2D eigenvalue weighted by Crippen LogP contribution is -2.48. The summed E-state index contributed by atoms with van der Waals surface area (Å²) >= 11 is 5.98. The molecule has 1 heterocycles. The summed E-state index contributed by atoms with van der Waals surface area (Å²) in [5, 5.41) is 10.6. The van der Waals surface area contributed by atoms with Crippen LogP contribution >= 0.6 is 11.6 Å². The summed E-state index contributed by atoms with van der Waals surface area (Å²) in [4.78, 5) is 16.0. The Morgan fingerprint density at radius 3 is 2.31 bits per heavy atom. The number of anilines is 1. The maximum atomic E-state index is 14.4. The predicted octanol–water partition coefficient (Wildman–Crippen LogP) is 5.57. The van der Waals surface area contributed by atoms with Crippen LogP contribution in [-0.4, -0.2) is 88.7 Å². The number of rotatable bonds is 9. The molecule has 2 N–H and O–H groups in total. The van der Waals surface area contributed by atoms with Gasteiger partial charge in [-0.2, -0.15) is 4.31 Å². The van der Waals surface area contributed by atoms with Crippen LogP contribution in [0, 0.1) is 12.8 Å². The van der Waals surface area contributed by atoms with E-state index in [1.807, 2.05) is 20.8 Å². The van der Waals surface area contributed by atoms with Crippen molar-refractivity contribution < 1.29 is 36.2 Å². The zero-order valence-corrected chi connectivity index (χ0v) is 30.9. The Balaban J connectivity index is 1.67. The molecule has 1 amide bonds. The van der Waals surface area contributed by atoms with E-state index in [9.17, 15) is 26.7 Å². The molecule has 3 aromatic carbocycles. The van der Waals surface area contributed by atoms with E-state index in [4.69, 9.17) is 21.1 Å². The minimum absolute atomic E-state index is 0.0166. The third-order valence-electron chi connectivity index (χ3n) is 8.59. The third-order valence-corrected chi connectivity index (χ3v) is 12.1. The van der Waals surface area contributed by atoms with Crippen LogP contribution in [0.1, 0.15) is 56.0 Å². The highest BCUT2D eigenvalue weighted by atomic mass is 35.5. The van der Waals surface area contributed by atoms with E-state index in [1.165, 1.54) is 58.7 Å². The number of nitrogens with one attached hydrogen (secondary N) is 1. The first-order chi connectivity index (χ1) is 23.1. The van der Waals surface area contributed by atoms with Crippen LogP contribution in [-0.2, 0) is 24.8 Å². The number of ether oxygens (including phenoxy) is 2. The second kappa shape index (κ2) is 16.7. The number of nitrogens with zero attached hydrogens (tertiary/aromatic N) is 2. The van der Waals surface area contributed by atoms with Gasteiger partial charge in [0, 0.05) is 43.4 Å². The lowest BCUT2D eigenvalue weighted by Gasteiger charge is -2.35. The molecule has 0 fully saturated rings. The summed E-state index contributed by atoms with van der Waals surface area (Å²) in [6.07, 6.45) is 1.23. The molecule has 0 bridgehead atoms. The summed E-state index contributed by atoms with van der Waals surface area (Å²) in [6.45, 7) is 7.48. The third kappa shape index (κ3) is 9.95. The first kappa shape index (κ1) is 38.6. The van der Waals surface area contributed by atoms with Gasteiger partial charge in [-0.05, 0) is 94.6 Å². The van der Waals surface area contributed by atoms with Gasteiger partial charge in [-0.25, -0.2) is 16.8 Å². The number of hydrogen-bond acceptors (Lipinski definition) is 8. The van der Waals surface area contributed by atoms with Crippen LogP contribution in [0.25, 0.3) is 0 Å². The quantitative estimate of drug-likeness (QED) is 0.291. The Morgan fingerprint density at radius 2 is 1.65 bits per heavy atom. The highest BCUT2D eigenvalue weighted by Gasteiger charge is 2.32. The van der Waals surface area contributed by atoms with Crippen LogP contribution in [0.15, 0.2) is 76.5 Å². The number of hydrogen-bond donors (Lipinski definition) is 2. The average molecular weight is 736 g/mol. The molecular formula is C35H46ClN3O8S2. The number of amides is 1. The molecule has 1 aliphatic rings. The zero-order valence-electron chi connectivity index (χ0n) is 28.5. The Hall–Kier alpha value is -3.20. The molecule has 0 saturated heterocycles. The minimum atomic E-state index is -3.96. The minimum Gasteiger partial charge on any atom is -0.490 e. The summed E-state index contributed by atoms with van der Waals surface area (Å²) in [5.41, 5.74) is 1.21. The van der Waals surface area contributed by atoms with Crippen LogP contribution in [0.2, 0.25) is 5.02 Å². The summed E-state index contributed by atoms with van der Waals surface area (Å²) in [5.74, 6) is -0.572. The number of aliphatic hydroxyl groups excluding tert-OH is 1. The van der Waals surface area contributed by atoms with E-state index in [0.717, 1.165) is 12.0 Å². The highest BCUT2D eigenvalue weighted by molar-refractivity contribution is 7.92. The molecule has 3 aromatic rings. The van der Waals surface area contributed by atoms with Crippen molar-refractivity contribution in [1.82, 2.24) is 9.21 Å². The average Bonchev–Trinajstić information content (AvgIpc) is 3.06. The van der Waals surface area contributed by atoms with Gasteiger partial charge in [0.2, 0.25) is 10.0 Å². The first-order valence-electron chi connectivity index (χ1n) is 16.3. The maximum absolute atomic E-state index is 14.4. The summed E-state index contributed by atoms with van der Waals surface area (Å²) in [7, 11) is -6.35. The smallest absolute Gasteiger partial charge is 0.261 e. The maximum Gasteiger partial charge on any atom is 0.261 e. The van der Waals surface area contributed by atoms with Gasteiger partial charge >= 0.3 is 0 Å². The zero-order chi connectivity index (χ0) is 35.9. The monoisotopic (exact) mass is 735 g/mol. The van der Waals surface area contributed by atoms with Crippen molar-refractivity contribution in [1.29, 1.82) is 0 Å². The summed E-state index contributed by atoms with van der Waals surface area (Å²) in [6, 6.07) is 16.3.